The molecule has 0 fully saturated rings. The van der Waals surface area contributed by atoms with E-state index < -0.39 is 12.0 Å². The zero-order chi connectivity index (χ0) is 16.2. The maximum Gasteiger partial charge on any atom is 0.431 e. The van der Waals surface area contributed by atoms with Crippen LogP contribution in [0.2, 0.25) is 5.02 Å². The molecular formula is C16H12ClN3O3. The summed E-state index contributed by atoms with van der Waals surface area (Å²) in [4.78, 5) is 26.5. The summed E-state index contributed by atoms with van der Waals surface area (Å²) in [5, 5.41) is 1.38. The van der Waals surface area contributed by atoms with Crippen LogP contribution in [0.1, 0.15) is 10.5 Å². The molecule has 0 radical (unpaired) electrons. The van der Waals surface area contributed by atoms with Gasteiger partial charge in [0.05, 0.1) is 0 Å². The number of ether oxygens (including phenoxy) is 1. The molecule has 3 aromatic rings. The van der Waals surface area contributed by atoms with Gasteiger partial charge in [-0.05, 0) is 36.4 Å². The van der Waals surface area contributed by atoms with E-state index in [2.05, 4.69) is 15.8 Å². The molecule has 3 rings (SSSR count). The number of aromatic amines is 1. The zero-order valence-electron chi connectivity index (χ0n) is 11.8. The Bertz CT molecular complexity index is 861. The lowest BCUT2D eigenvalue weighted by Gasteiger charge is -2.07. The quantitative estimate of drug-likeness (QED) is 0.631. The second-order valence-electron chi connectivity index (χ2n) is 4.70. The molecule has 3 N–H and O–H groups in total. The van der Waals surface area contributed by atoms with Gasteiger partial charge in [-0.1, -0.05) is 29.8 Å². The second kappa shape index (κ2) is 6.41. The number of carbonyl (C=O) groups is 2. The van der Waals surface area contributed by atoms with Gasteiger partial charge >= 0.3 is 6.09 Å². The number of nitrogens with one attached hydrogen (secondary N) is 3. The highest BCUT2D eigenvalue weighted by Gasteiger charge is 2.11. The topological polar surface area (TPSA) is 83.2 Å². The molecule has 0 spiro atoms. The van der Waals surface area contributed by atoms with Crippen LogP contribution < -0.4 is 15.6 Å². The Morgan fingerprint density at radius 3 is 2.57 bits per heavy atom. The Hall–Kier alpha value is -2.99. The van der Waals surface area contributed by atoms with Crippen LogP contribution in [0.15, 0.2) is 54.6 Å². The number of fused-ring (bicyclic) bond motifs is 1. The number of para-hydroxylation sites is 1. The lowest BCUT2D eigenvalue weighted by molar-refractivity contribution is 0.0924. The summed E-state index contributed by atoms with van der Waals surface area (Å²) >= 11 is 5.90. The van der Waals surface area contributed by atoms with Crippen molar-refractivity contribution in [3.05, 3.63) is 65.3 Å². The molecule has 0 aliphatic heterocycles. The van der Waals surface area contributed by atoms with Crippen LogP contribution in [0.25, 0.3) is 10.9 Å². The Morgan fingerprint density at radius 2 is 1.78 bits per heavy atom. The molecule has 0 atom stereocenters. The average molecular weight is 330 g/mol. The molecule has 7 heteroatoms. The molecule has 0 bridgehead atoms. The first-order valence-corrected chi connectivity index (χ1v) is 7.11. The van der Waals surface area contributed by atoms with Crippen molar-refractivity contribution in [1.82, 2.24) is 15.8 Å². The van der Waals surface area contributed by atoms with Crippen LogP contribution in [0, 0.1) is 0 Å². The van der Waals surface area contributed by atoms with E-state index >= 15 is 0 Å². The molecule has 0 aliphatic rings. The number of hydrazine groups is 1. The number of rotatable bonds is 2. The lowest BCUT2D eigenvalue weighted by atomic mass is 10.2. The molecule has 0 saturated heterocycles. The van der Waals surface area contributed by atoms with Gasteiger partial charge in [-0.3, -0.25) is 10.2 Å². The lowest BCUT2D eigenvalue weighted by Crippen LogP contribution is -2.43. The molecule has 0 aliphatic carbocycles. The molecule has 1 aromatic heterocycles. The van der Waals surface area contributed by atoms with Gasteiger partial charge in [0, 0.05) is 15.9 Å². The first-order valence-electron chi connectivity index (χ1n) is 6.73. The SMILES string of the molecule is O=C(NNC(=O)c1cc2cc(Cl)ccc2[nH]1)Oc1ccccc1. The molecule has 0 unspecified atom stereocenters. The minimum Gasteiger partial charge on any atom is -0.409 e. The van der Waals surface area contributed by atoms with Crippen LogP contribution in [-0.2, 0) is 0 Å². The largest absolute Gasteiger partial charge is 0.431 e. The average Bonchev–Trinajstić information content (AvgIpc) is 2.96. The van der Waals surface area contributed by atoms with Crippen LogP contribution in [0.4, 0.5) is 4.79 Å². The van der Waals surface area contributed by atoms with Crippen molar-refractivity contribution >= 4 is 34.5 Å². The fourth-order valence-electron chi connectivity index (χ4n) is 2.02. The van der Waals surface area contributed by atoms with Crippen molar-refractivity contribution in [3.8, 4) is 5.75 Å². The van der Waals surface area contributed by atoms with E-state index in [9.17, 15) is 9.59 Å². The number of H-pyrrole nitrogens is 1. The summed E-state index contributed by atoms with van der Waals surface area (Å²) in [6.45, 7) is 0. The van der Waals surface area contributed by atoms with Gasteiger partial charge < -0.3 is 9.72 Å². The predicted octanol–water partition coefficient (Wildman–Crippen LogP) is 3.25. The second-order valence-corrected chi connectivity index (χ2v) is 5.13. The molecule has 116 valence electrons. The summed E-state index contributed by atoms with van der Waals surface area (Å²) in [6, 6.07) is 15.4. The highest BCUT2D eigenvalue weighted by Crippen LogP contribution is 2.19. The van der Waals surface area contributed by atoms with Crippen LogP contribution in [0.5, 0.6) is 5.75 Å². The Kier molecular flexibility index (Phi) is 4.16. The third kappa shape index (κ3) is 3.61. The first kappa shape index (κ1) is 14.9. The van der Waals surface area contributed by atoms with Crippen LogP contribution in [0.3, 0.4) is 0 Å². The number of aromatic nitrogens is 1. The number of amides is 2. The highest BCUT2D eigenvalue weighted by atomic mass is 35.5. The monoisotopic (exact) mass is 329 g/mol. The van der Waals surface area contributed by atoms with E-state index in [4.69, 9.17) is 16.3 Å². The smallest absolute Gasteiger partial charge is 0.409 e. The van der Waals surface area contributed by atoms with Gasteiger partial charge in [0.1, 0.15) is 11.4 Å². The summed E-state index contributed by atoms with van der Waals surface area (Å²) < 4.78 is 4.98. The minimum absolute atomic E-state index is 0.294. The molecule has 2 amide bonds. The van der Waals surface area contributed by atoms with Gasteiger partial charge in [-0.15, -0.1) is 0 Å². The summed E-state index contributed by atoms with van der Waals surface area (Å²) in [5.41, 5.74) is 5.51. The molecule has 23 heavy (non-hydrogen) atoms. The standard InChI is InChI=1S/C16H12ClN3O3/c17-11-6-7-13-10(8-11)9-14(18-13)15(21)19-20-16(22)23-12-4-2-1-3-5-12/h1-9,18H,(H,19,21)(H,20,22). The number of carbonyl (C=O) groups excluding carboxylic acids is 2. The highest BCUT2D eigenvalue weighted by molar-refractivity contribution is 6.31. The van der Waals surface area contributed by atoms with Gasteiger partial charge in [0.15, 0.2) is 0 Å². The van der Waals surface area contributed by atoms with E-state index in [-0.39, 0.29) is 0 Å². The molecule has 6 nitrogen and oxygen atoms in total. The van der Waals surface area contributed by atoms with Crippen LogP contribution >= 0.6 is 11.6 Å². The fourth-order valence-corrected chi connectivity index (χ4v) is 2.20. The number of benzene rings is 2. The molecule has 2 aromatic carbocycles. The number of halogens is 1. The van der Waals surface area contributed by atoms with E-state index in [1.807, 2.05) is 0 Å². The van der Waals surface area contributed by atoms with Crippen molar-refractivity contribution < 1.29 is 14.3 Å². The first-order chi connectivity index (χ1) is 11.1. The number of hydrogen-bond acceptors (Lipinski definition) is 3. The predicted molar refractivity (Wildman–Crippen MR) is 86.4 cm³/mol. The molecule has 1 heterocycles. The fraction of sp³-hybridized carbons (Fsp3) is 0. The Morgan fingerprint density at radius 1 is 1.00 bits per heavy atom. The normalized spacial score (nSPS) is 10.3. The van der Waals surface area contributed by atoms with E-state index in [1.165, 1.54) is 0 Å². The third-order valence-electron chi connectivity index (χ3n) is 3.06. The van der Waals surface area contributed by atoms with E-state index in [0.29, 0.717) is 16.5 Å². The zero-order valence-corrected chi connectivity index (χ0v) is 12.6. The maximum absolute atomic E-state index is 12.0. The minimum atomic E-state index is -0.788. The Balaban J connectivity index is 1.61. The molecular weight excluding hydrogens is 318 g/mol. The van der Waals surface area contributed by atoms with E-state index in [0.717, 1.165) is 10.9 Å². The van der Waals surface area contributed by atoms with Gasteiger partial charge in [0.2, 0.25) is 0 Å². The van der Waals surface area contributed by atoms with Crippen LogP contribution in [-0.4, -0.2) is 17.0 Å². The summed E-state index contributed by atoms with van der Waals surface area (Å²) in [6.07, 6.45) is -0.788. The van der Waals surface area contributed by atoms with E-state index in [1.54, 1.807) is 54.6 Å². The Labute approximate surface area is 136 Å². The third-order valence-corrected chi connectivity index (χ3v) is 3.29. The van der Waals surface area contributed by atoms with Crippen molar-refractivity contribution in [2.45, 2.75) is 0 Å². The van der Waals surface area contributed by atoms with Crippen molar-refractivity contribution in [2.24, 2.45) is 0 Å². The van der Waals surface area contributed by atoms with Crippen molar-refractivity contribution in [2.75, 3.05) is 0 Å². The van der Waals surface area contributed by atoms with Gasteiger partial charge in [-0.2, -0.15) is 0 Å². The maximum atomic E-state index is 12.0. The molecule has 0 saturated carbocycles. The van der Waals surface area contributed by atoms with Gasteiger partial charge in [-0.25, -0.2) is 10.2 Å². The van der Waals surface area contributed by atoms with Crippen molar-refractivity contribution in [3.63, 3.8) is 0 Å². The summed E-state index contributed by atoms with van der Waals surface area (Å²) in [5.74, 6) is -0.123. The van der Waals surface area contributed by atoms with Crippen molar-refractivity contribution in [1.29, 1.82) is 0 Å². The summed E-state index contributed by atoms with van der Waals surface area (Å²) in [7, 11) is 0. The van der Waals surface area contributed by atoms with Gasteiger partial charge in [0.25, 0.3) is 5.91 Å². The number of hydrogen-bond donors (Lipinski definition) is 3.